The molecule has 0 bridgehead atoms. The number of hydrogen-bond donors (Lipinski definition) is 3. The number of aliphatic hydroxyl groups is 1. The summed E-state index contributed by atoms with van der Waals surface area (Å²) in [5, 5.41) is 13.8. The van der Waals surface area contributed by atoms with Crippen molar-refractivity contribution in [3.8, 4) is 0 Å². The van der Waals surface area contributed by atoms with Crippen molar-refractivity contribution in [3.63, 3.8) is 0 Å². The van der Waals surface area contributed by atoms with Gasteiger partial charge in [0, 0.05) is 42.0 Å². The summed E-state index contributed by atoms with van der Waals surface area (Å²) < 4.78 is 5.35. The van der Waals surface area contributed by atoms with Crippen LogP contribution in [0.25, 0.3) is 0 Å². The number of pyridine rings is 1. The Hall–Kier alpha value is -2.00. The Bertz CT molecular complexity index is 935. The maximum atomic E-state index is 12.1. The molecule has 3 rings (SSSR count). The summed E-state index contributed by atoms with van der Waals surface area (Å²) in [5.74, 6) is 0. The lowest BCUT2D eigenvalue weighted by molar-refractivity contribution is 0.0509. The topological polar surface area (TPSA) is 101 Å². The van der Waals surface area contributed by atoms with E-state index >= 15 is 0 Å². The van der Waals surface area contributed by atoms with E-state index in [0.717, 1.165) is 34.7 Å². The molecule has 1 atom stereocenters. The fourth-order valence-corrected chi connectivity index (χ4v) is 4.75. The molecule has 0 radical (unpaired) electrons. The Morgan fingerprint density at radius 1 is 1.42 bits per heavy atom. The molecule has 168 valence electrons. The number of rotatable bonds is 6. The van der Waals surface area contributed by atoms with Crippen LogP contribution in [0.2, 0.25) is 5.02 Å². The van der Waals surface area contributed by atoms with E-state index in [1.54, 1.807) is 12.3 Å². The molecule has 1 aromatic carbocycles. The molecule has 0 saturated carbocycles. The smallest absolute Gasteiger partial charge is 0.407 e. The van der Waals surface area contributed by atoms with Gasteiger partial charge in [0.25, 0.3) is 0 Å². The standard InChI is InChI=1S/C22H29ClN4O3S/c1-22(2,3)30-21(29)26-16-6-8-27(12-16)17-9-15(11-24)19(18(23)10-17)31-20-14(13-28)5-4-7-25-20/h4-5,7,9-10,16,28H,6,8,11-13,24H2,1-3H3,(H,26,29). The maximum Gasteiger partial charge on any atom is 0.407 e. The Morgan fingerprint density at radius 3 is 2.87 bits per heavy atom. The van der Waals surface area contributed by atoms with Crippen molar-refractivity contribution in [1.29, 1.82) is 0 Å². The van der Waals surface area contributed by atoms with E-state index in [1.807, 2.05) is 39.0 Å². The monoisotopic (exact) mass is 464 g/mol. The number of aliphatic hydroxyl groups excluding tert-OH is 1. The summed E-state index contributed by atoms with van der Waals surface area (Å²) in [4.78, 5) is 19.5. The van der Waals surface area contributed by atoms with Gasteiger partial charge < -0.3 is 25.8 Å². The third kappa shape index (κ3) is 6.26. The van der Waals surface area contributed by atoms with Crippen LogP contribution in [0.15, 0.2) is 40.4 Å². The lowest BCUT2D eigenvalue weighted by Gasteiger charge is -2.23. The molecule has 0 spiro atoms. The van der Waals surface area contributed by atoms with Gasteiger partial charge in [-0.15, -0.1) is 0 Å². The van der Waals surface area contributed by atoms with Gasteiger partial charge in [-0.05, 0) is 51.0 Å². The van der Waals surface area contributed by atoms with Crippen molar-refractivity contribution < 1.29 is 14.6 Å². The van der Waals surface area contributed by atoms with Crippen LogP contribution in [0.4, 0.5) is 10.5 Å². The van der Waals surface area contributed by atoms with Crippen LogP contribution in [0.3, 0.4) is 0 Å². The van der Waals surface area contributed by atoms with Gasteiger partial charge in [-0.3, -0.25) is 0 Å². The number of nitrogens with one attached hydrogen (secondary N) is 1. The average molecular weight is 465 g/mol. The highest BCUT2D eigenvalue weighted by Crippen LogP contribution is 2.39. The molecular formula is C22H29ClN4O3S. The minimum absolute atomic E-state index is 0.00429. The zero-order chi connectivity index (χ0) is 22.6. The summed E-state index contributed by atoms with van der Waals surface area (Å²) in [6.45, 7) is 7.23. The van der Waals surface area contributed by atoms with E-state index in [2.05, 4.69) is 15.2 Å². The number of anilines is 1. The number of carbonyl (C=O) groups excluding carboxylic acids is 1. The van der Waals surface area contributed by atoms with Crippen LogP contribution in [0.1, 0.15) is 38.3 Å². The first-order valence-corrected chi connectivity index (χ1v) is 11.4. The van der Waals surface area contributed by atoms with E-state index in [9.17, 15) is 9.90 Å². The fourth-order valence-electron chi connectivity index (χ4n) is 3.40. The number of aromatic nitrogens is 1. The van der Waals surface area contributed by atoms with E-state index in [1.165, 1.54) is 11.8 Å². The van der Waals surface area contributed by atoms with Gasteiger partial charge in [-0.1, -0.05) is 29.4 Å². The third-order valence-electron chi connectivity index (χ3n) is 4.82. The average Bonchev–Trinajstić information content (AvgIpc) is 3.16. The minimum atomic E-state index is -0.525. The van der Waals surface area contributed by atoms with Gasteiger partial charge in [0.2, 0.25) is 0 Å². The van der Waals surface area contributed by atoms with Crippen LogP contribution >= 0.6 is 23.4 Å². The number of benzene rings is 1. The van der Waals surface area contributed by atoms with E-state index in [-0.39, 0.29) is 12.6 Å². The molecule has 1 aliphatic heterocycles. The second-order valence-electron chi connectivity index (χ2n) is 8.43. The summed E-state index contributed by atoms with van der Waals surface area (Å²) >= 11 is 8.05. The van der Waals surface area contributed by atoms with Gasteiger partial charge in [0.15, 0.2) is 0 Å². The zero-order valence-electron chi connectivity index (χ0n) is 18.0. The Morgan fingerprint density at radius 2 is 2.19 bits per heavy atom. The van der Waals surface area contributed by atoms with Crippen LogP contribution in [-0.4, -0.2) is 40.9 Å². The SMILES string of the molecule is CC(C)(C)OC(=O)NC1CCN(c2cc(Cl)c(Sc3ncccc3CO)c(CN)c2)C1. The molecule has 1 aromatic heterocycles. The number of ether oxygens (including phenoxy) is 1. The molecule has 2 aromatic rings. The lowest BCUT2D eigenvalue weighted by atomic mass is 10.2. The highest BCUT2D eigenvalue weighted by atomic mass is 35.5. The second kappa shape index (κ2) is 10.1. The molecule has 31 heavy (non-hydrogen) atoms. The van der Waals surface area contributed by atoms with Crippen molar-refractivity contribution in [1.82, 2.24) is 10.3 Å². The lowest BCUT2D eigenvalue weighted by Crippen LogP contribution is -2.40. The molecule has 7 nitrogen and oxygen atoms in total. The van der Waals surface area contributed by atoms with Crippen molar-refractivity contribution in [3.05, 3.63) is 46.6 Å². The maximum absolute atomic E-state index is 12.1. The van der Waals surface area contributed by atoms with E-state index in [4.69, 9.17) is 22.1 Å². The predicted molar refractivity (Wildman–Crippen MR) is 124 cm³/mol. The van der Waals surface area contributed by atoms with Gasteiger partial charge in [-0.25, -0.2) is 9.78 Å². The van der Waals surface area contributed by atoms with Gasteiger partial charge in [0.05, 0.1) is 17.7 Å². The zero-order valence-corrected chi connectivity index (χ0v) is 19.6. The Kier molecular flexibility index (Phi) is 7.69. The van der Waals surface area contributed by atoms with Crippen molar-refractivity contribution in [2.75, 3.05) is 18.0 Å². The highest BCUT2D eigenvalue weighted by molar-refractivity contribution is 7.99. The summed E-state index contributed by atoms with van der Waals surface area (Å²) in [6.07, 6.45) is 2.11. The highest BCUT2D eigenvalue weighted by Gasteiger charge is 2.27. The van der Waals surface area contributed by atoms with Gasteiger partial charge in [-0.2, -0.15) is 0 Å². The molecule has 0 aliphatic carbocycles. The number of amides is 1. The van der Waals surface area contributed by atoms with E-state index < -0.39 is 11.7 Å². The number of hydrogen-bond acceptors (Lipinski definition) is 7. The molecule has 1 amide bonds. The Labute approximate surface area is 192 Å². The third-order valence-corrected chi connectivity index (χ3v) is 6.48. The van der Waals surface area contributed by atoms with Crippen LogP contribution in [-0.2, 0) is 17.9 Å². The quantitative estimate of drug-likeness (QED) is 0.595. The molecule has 4 N–H and O–H groups in total. The number of carbonyl (C=O) groups is 1. The normalized spacial score (nSPS) is 16.5. The van der Waals surface area contributed by atoms with E-state index in [0.29, 0.717) is 23.1 Å². The predicted octanol–water partition coefficient (Wildman–Crippen LogP) is 3.94. The molecule has 9 heteroatoms. The molecule has 2 heterocycles. The number of halogens is 1. The molecule has 1 saturated heterocycles. The molecular weight excluding hydrogens is 436 g/mol. The number of nitrogens with zero attached hydrogens (tertiary/aromatic N) is 2. The minimum Gasteiger partial charge on any atom is -0.444 e. The van der Waals surface area contributed by atoms with Crippen LogP contribution in [0.5, 0.6) is 0 Å². The van der Waals surface area contributed by atoms with Crippen molar-refractivity contribution in [2.24, 2.45) is 5.73 Å². The summed E-state index contributed by atoms with van der Waals surface area (Å²) in [6, 6.07) is 7.58. The summed E-state index contributed by atoms with van der Waals surface area (Å²) in [7, 11) is 0. The van der Waals surface area contributed by atoms with Crippen LogP contribution < -0.4 is 16.0 Å². The summed E-state index contributed by atoms with van der Waals surface area (Å²) in [5.41, 5.74) is 8.12. The van der Waals surface area contributed by atoms with Gasteiger partial charge in [0.1, 0.15) is 10.6 Å². The largest absolute Gasteiger partial charge is 0.444 e. The second-order valence-corrected chi connectivity index (χ2v) is 9.83. The first kappa shape index (κ1) is 23.7. The van der Waals surface area contributed by atoms with Crippen molar-refractivity contribution >= 4 is 35.1 Å². The molecule has 1 aliphatic rings. The number of nitrogens with two attached hydrogens (primary N) is 1. The first-order valence-electron chi connectivity index (χ1n) is 10.2. The number of alkyl carbamates (subject to hydrolysis) is 1. The van der Waals surface area contributed by atoms with Gasteiger partial charge >= 0.3 is 6.09 Å². The Balaban J connectivity index is 1.74. The first-order chi connectivity index (χ1) is 14.7. The molecule has 1 fully saturated rings. The van der Waals surface area contributed by atoms with Crippen LogP contribution in [0, 0.1) is 0 Å². The fraction of sp³-hybridized carbons (Fsp3) is 0.455. The molecule has 1 unspecified atom stereocenters. The van der Waals surface area contributed by atoms with Crippen molar-refractivity contribution in [2.45, 2.75) is 61.9 Å².